The minimum absolute atomic E-state index is 0.0733. The molecule has 5 aromatic rings. The van der Waals surface area contributed by atoms with Crippen LogP contribution >= 0.6 is 11.6 Å². The van der Waals surface area contributed by atoms with Crippen LogP contribution in [0.15, 0.2) is 77.9 Å². The van der Waals surface area contributed by atoms with Crippen molar-refractivity contribution in [1.82, 2.24) is 24.5 Å². The number of anilines is 1. The van der Waals surface area contributed by atoms with Crippen LogP contribution in [0.2, 0.25) is 5.02 Å². The van der Waals surface area contributed by atoms with Gasteiger partial charge in [-0.15, -0.1) is 5.10 Å². The number of pyridine rings is 1. The molecule has 8 nitrogen and oxygen atoms in total. The average molecular weight is 489 g/mol. The second-order valence-electron chi connectivity index (χ2n) is 7.59. The molecule has 0 aliphatic carbocycles. The lowest BCUT2D eigenvalue weighted by Gasteiger charge is -2.21. The van der Waals surface area contributed by atoms with Gasteiger partial charge in [0.05, 0.1) is 16.5 Å². The quantitative estimate of drug-likeness (QED) is 0.378. The highest BCUT2D eigenvalue weighted by Crippen LogP contribution is 2.26. The summed E-state index contributed by atoms with van der Waals surface area (Å²) in [5, 5.41) is 8.57. The van der Waals surface area contributed by atoms with Gasteiger partial charge in [-0.25, -0.2) is 9.50 Å². The van der Waals surface area contributed by atoms with Crippen LogP contribution in [0.3, 0.4) is 0 Å². The number of hydrogen-bond donors (Lipinski definition) is 2. The number of nitrogens with zero attached hydrogens (tertiary/aromatic N) is 4. The summed E-state index contributed by atoms with van der Waals surface area (Å²) >= 11 is 6.37. The van der Waals surface area contributed by atoms with E-state index < -0.39 is 11.9 Å². The number of halogens is 1. The second kappa shape index (κ2) is 9.99. The summed E-state index contributed by atoms with van der Waals surface area (Å²) in [4.78, 5) is 30.9. The predicted octanol–water partition coefficient (Wildman–Crippen LogP) is 4.79. The van der Waals surface area contributed by atoms with E-state index >= 15 is 0 Å². The van der Waals surface area contributed by atoms with E-state index in [0.717, 1.165) is 0 Å². The summed E-state index contributed by atoms with van der Waals surface area (Å²) in [5.74, 6) is -0.365. The molecule has 5 rings (SSSR count). The standard InChI is InChI=1S/C24H19ClN6O2.C2H6/c1-14(28-23(32)20-21(26)29-30-12-6-11-27-22(20)30)18-13-15-7-5-10-17(25)19(15)24(33)31(18)16-8-3-2-4-9-16;1-2/h2-14H,1H3,(H2,26,29)(H,28,32);1-2H3. The van der Waals surface area contributed by atoms with Crippen molar-refractivity contribution in [2.45, 2.75) is 26.8 Å². The van der Waals surface area contributed by atoms with Gasteiger partial charge in [-0.05, 0) is 42.6 Å². The van der Waals surface area contributed by atoms with Gasteiger partial charge in [-0.1, -0.05) is 55.8 Å². The second-order valence-corrected chi connectivity index (χ2v) is 8.00. The van der Waals surface area contributed by atoms with Gasteiger partial charge in [0.1, 0.15) is 5.56 Å². The molecule has 3 N–H and O–H groups in total. The Bertz CT molecular complexity index is 1580. The van der Waals surface area contributed by atoms with Gasteiger partial charge in [-0.3, -0.25) is 14.2 Å². The van der Waals surface area contributed by atoms with E-state index in [1.165, 1.54) is 4.52 Å². The Morgan fingerprint density at radius 2 is 1.83 bits per heavy atom. The first-order valence-corrected chi connectivity index (χ1v) is 11.6. The monoisotopic (exact) mass is 488 g/mol. The molecule has 1 amide bonds. The molecule has 0 aliphatic heterocycles. The van der Waals surface area contributed by atoms with Crippen molar-refractivity contribution < 1.29 is 4.79 Å². The lowest BCUT2D eigenvalue weighted by molar-refractivity contribution is 0.0941. The Labute approximate surface area is 207 Å². The zero-order chi connectivity index (χ0) is 25.1. The van der Waals surface area contributed by atoms with Crippen LogP contribution in [0.4, 0.5) is 5.82 Å². The molecule has 2 aromatic carbocycles. The highest BCUT2D eigenvalue weighted by atomic mass is 35.5. The number of hydrogen-bond acceptors (Lipinski definition) is 5. The third kappa shape index (κ3) is 4.36. The van der Waals surface area contributed by atoms with Crippen molar-refractivity contribution in [1.29, 1.82) is 0 Å². The maximum absolute atomic E-state index is 13.5. The fourth-order valence-electron chi connectivity index (χ4n) is 3.97. The maximum atomic E-state index is 13.5. The van der Waals surface area contributed by atoms with Crippen molar-refractivity contribution in [2.24, 2.45) is 0 Å². The van der Waals surface area contributed by atoms with Gasteiger partial charge in [0, 0.05) is 23.8 Å². The molecular formula is C26H25ClN6O2. The Hall–Kier alpha value is -4.17. The average Bonchev–Trinajstić information content (AvgIpc) is 3.21. The number of fused-ring (bicyclic) bond motifs is 2. The van der Waals surface area contributed by atoms with Crippen LogP contribution < -0.4 is 16.6 Å². The third-order valence-corrected chi connectivity index (χ3v) is 5.79. The van der Waals surface area contributed by atoms with E-state index in [0.29, 0.717) is 32.8 Å². The molecule has 3 aromatic heterocycles. The molecule has 178 valence electrons. The highest BCUT2D eigenvalue weighted by Gasteiger charge is 2.23. The maximum Gasteiger partial charge on any atom is 0.264 e. The molecule has 0 saturated heterocycles. The highest BCUT2D eigenvalue weighted by molar-refractivity contribution is 6.35. The summed E-state index contributed by atoms with van der Waals surface area (Å²) in [6.45, 7) is 5.80. The van der Waals surface area contributed by atoms with Gasteiger partial charge in [0.25, 0.3) is 11.5 Å². The molecule has 0 radical (unpaired) electrons. The van der Waals surface area contributed by atoms with Crippen molar-refractivity contribution in [2.75, 3.05) is 5.73 Å². The number of amides is 1. The van der Waals surface area contributed by atoms with Gasteiger partial charge in [0.15, 0.2) is 11.5 Å². The number of benzene rings is 2. The molecule has 0 fully saturated rings. The van der Waals surface area contributed by atoms with Gasteiger partial charge in [-0.2, -0.15) is 0 Å². The molecule has 1 atom stereocenters. The minimum atomic E-state index is -0.549. The number of nitrogens with one attached hydrogen (secondary N) is 1. The molecule has 0 spiro atoms. The first kappa shape index (κ1) is 24.0. The molecular weight excluding hydrogens is 464 g/mol. The first-order valence-electron chi connectivity index (χ1n) is 11.2. The fraction of sp³-hybridized carbons (Fsp3) is 0.154. The van der Waals surface area contributed by atoms with E-state index in [-0.39, 0.29) is 16.9 Å². The van der Waals surface area contributed by atoms with Crippen molar-refractivity contribution in [3.05, 3.63) is 99.7 Å². The number of nitrogens with two attached hydrogens (primary N) is 1. The van der Waals surface area contributed by atoms with Crippen molar-refractivity contribution in [3.8, 4) is 5.69 Å². The van der Waals surface area contributed by atoms with Gasteiger partial charge < -0.3 is 11.1 Å². The number of para-hydroxylation sites is 1. The molecule has 9 heteroatoms. The van der Waals surface area contributed by atoms with E-state index in [9.17, 15) is 9.59 Å². The number of nitrogen functional groups attached to an aromatic ring is 1. The van der Waals surface area contributed by atoms with Crippen LogP contribution in [0.25, 0.3) is 22.1 Å². The normalized spacial score (nSPS) is 11.7. The van der Waals surface area contributed by atoms with Crippen LogP contribution in [-0.2, 0) is 0 Å². The minimum Gasteiger partial charge on any atom is -0.381 e. The Morgan fingerprint density at radius 3 is 2.57 bits per heavy atom. The first-order chi connectivity index (χ1) is 17.0. The fourth-order valence-corrected chi connectivity index (χ4v) is 4.23. The van der Waals surface area contributed by atoms with Gasteiger partial charge >= 0.3 is 0 Å². The van der Waals surface area contributed by atoms with Crippen LogP contribution in [0, 0.1) is 0 Å². The number of aromatic nitrogens is 4. The predicted molar refractivity (Wildman–Crippen MR) is 139 cm³/mol. The summed E-state index contributed by atoms with van der Waals surface area (Å²) < 4.78 is 3.02. The molecule has 0 saturated carbocycles. The Morgan fingerprint density at radius 1 is 1.09 bits per heavy atom. The molecule has 3 heterocycles. The van der Waals surface area contributed by atoms with Crippen molar-refractivity contribution >= 4 is 39.7 Å². The molecule has 0 bridgehead atoms. The number of carbonyl (C=O) groups excluding carboxylic acids is 1. The largest absolute Gasteiger partial charge is 0.381 e. The Balaban J connectivity index is 0.00000141. The molecule has 35 heavy (non-hydrogen) atoms. The van der Waals surface area contributed by atoms with Crippen LogP contribution in [-0.4, -0.2) is 25.1 Å². The summed E-state index contributed by atoms with van der Waals surface area (Å²) in [6, 6.07) is 17.5. The molecule has 0 aliphatic rings. The van der Waals surface area contributed by atoms with E-state index in [4.69, 9.17) is 17.3 Å². The lowest BCUT2D eigenvalue weighted by atomic mass is 10.1. The van der Waals surface area contributed by atoms with E-state index in [2.05, 4.69) is 15.4 Å². The topological polar surface area (TPSA) is 107 Å². The SMILES string of the molecule is CC.CC(NC(=O)c1c(N)nn2cccnc12)c1cc2cccc(Cl)c2c(=O)n1-c1ccccc1. The summed E-state index contributed by atoms with van der Waals surface area (Å²) in [7, 11) is 0. The third-order valence-electron chi connectivity index (χ3n) is 5.48. The van der Waals surface area contributed by atoms with E-state index in [1.807, 2.05) is 56.3 Å². The lowest BCUT2D eigenvalue weighted by Crippen LogP contribution is -2.32. The number of rotatable bonds is 4. The van der Waals surface area contributed by atoms with Gasteiger partial charge in [0.2, 0.25) is 0 Å². The van der Waals surface area contributed by atoms with Crippen LogP contribution in [0.1, 0.15) is 42.9 Å². The van der Waals surface area contributed by atoms with E-state index in [1.54, 1.807) is 42.1 Å². The zero-order valence-electron chi connectivity index (χ0n) is 19.6. The summed E-state index contributed by atoms with van der Waals surface area (Å²) in [6.07, 6.45) is 3.23. The Kier molecular flexibility index (Phi) is 6.84. The molecule has 1 unspecified atom stereocenters. The zero-order valence-corrected chi connectivity index (χ0v) is 20.3. The summed E-state index contributed by atoms with van der Waals surface area (Å²) in [5.41, 5.74) is 7.53. The smallest absolute Gasteiger partial charge is 0.264 e. The number of carbonyl (C=O) groups is 1. The van der Waals surface area contributed by atoms with Crippen LogP contribution in [0.5, 0.6) is 0 Å². The van der Waals surface area contributed by atoms with Crippen molar-refractivity contribution in [3.63, 3.8) is 0 Å².